The summed E-state index contributed by atoms with van der Waals surface area (Å²) in [6.45, 7) is 0. The Bertz CT molecular complexity index is 579. The Hall–Kier alpha value is -2.24. The van der Waals surface area contributed by atoms with Crippen LogP contribution in [0.15, 0.2) is 12.1 Å². The van der Waals surface area contributed by atoms with Gasteiger partial charge in [-0.05, 0) is 18.8 Å². The Balaban J connectivity index is 2.16. The molecule has 0 aromatic heterocycles. The molecule has 2 rings (SSSR count). The van der Waals surface area contributed by atoms with Gasteiger partial charge in [0.05, 0.1) is 25.5 Å². The third-order valence-corrected chi connectivity index (χ3v) is 4.23. The molecule has 1 aliphatic rings. The number of carbonyl (C=O) groups is 2. The molecule has 1 fully saturated rings. The van der Waals surface area contributed by atoms with Crippen molar-refractivity contribution in [2.45, 2.75) is 38.5 Å². The van der Waals surface area contributed by atoms with E-state index in [1.807, 2.05) is 0 Å². The van der Waals surface area contributed by atoms with Crippen molar-refractivity contribution in [3.63, 3.8) is 0 Å². The first-order chi connectivity index (χ1) is 11.0. The number of nitrogens with one attached hydrogen (secondary N) is 1. The highest BCUT2D eigenvalue weighted by Crippen LogP contribution is 2.34. The monoisotopic (exact) mass is 321 g/mol. The van der Waals surface area contributed by atoms with Gasteiger partial charge < -0.3 is 19.9 Å². The van der Waals surface area contributed by atoms with Crippen LogP contribution in [0, 0.1) is 5.92 Å². The van der Waals surface area contributed by atoms with Gasteiger partial charge in [-0.2, -0.15) is 0 Å². The number of hydrogen-bond donors (Lipinski definition) is 2. The molecule has 23 heavy (non-hydrogen) atoms. The molecule has 1 aliphatic carbocycles. The van der Waals surface area contributed by atoms with Gasteiger partial charge in [0.1, 0.15) is 0 Å². The van der Waals surface area contributed by atoms with E-state index < -0.39 is 5.97 Å². The fourth-order valence-corrected chi connectivity index (χ4v) is 3.01. The van der Waals surface area contributed by atoms with Crippen LogP contribution >= 0.6 is 0 Å². The highest BCUT2D eigenvalue weighted by Gasteiger charge is 2.21. The lowest BCUT2D eigenvalue weighted by Crippen LogP contribution is -2.19. The first-order valence-electron chi connectivity index (χ1n) is 7.84. The Morgan fingerprint density at radius 2 is 1.74 bits per heavy atom. The number of methoxy groups -OCH3 is 2. The van der Waals surface area contributed by atoms with E-state index in [0.29, 0.717) is 23.8 Å². The van der Waals surface area contributed by atoms with E-state index in [1.54, 1.807) is 0 Å². The Labute approximate surface area is 135 Å². The molecule has 0 saturated heterocycles. The van der Waals surface area contributed by atoms with E-state index in [1.165, 1.54) is 32.8 Å². The van der Waals surface area contributed by atoms with Crippen LogP contribution in [-0.2, 0) is 4.79 Å². The lowest BCUT2D eigenvalue weighted by atomic mass is 9.87. The van der Waals surface area contributed by atoms with Crippen LogP contribution in [-0.4, -0.2) is 31.2 Å². The van der Waals surface area contributed by atoms with E-state index >= 15 is 0 Å². The molecule has 6 heteroatoms. The minimum atomic E-state index is -1.13. The molecule has 0 radical (unpaired) electrons. The Morgan fingerprint density at radius 1 is 1.13 bits per heavy atom. The summed E-state index contributed by atoms with van der Waals surface area (Å²) in [7, 11) is 2.90. The average molecular weight is 321 g/mol. The van der Waals surface area contributed by atoms with Crippen LogP contribution in [0.1, 0.15) is 48.9 Å². The maximum absolute atomic E-state index is 12.2. The van der Waals surface area contributed by atoms with E-state index in [4.69, 9.17) is 9.47 Å². The predicted molar refractivity (Wildman–Crippen MR) is 86.3 cm³/mol. The molecule has 0 heterocycles. The van der Waals surface area contributed by atoms with E-state index in [2.05, 4.69) is 5.32 Å². The summed E-state index contributed by atoms with van der Waals surface area (Å²) in [5, 5.41) is 12.0. The maximum Gasteiger partial charge on any atom is 0.337 e. The summed E-state index contributed by atoms with van der Waals surface area (Å²) in [4.78, 5) is 23.6. The number of hydrogen-bond acceptors (Lipinski definition) is 4. The summed E-state index contributed by atoms with van der Waals surface area (Å²) in [6, 6.07) is 2.85. The van der Waals surface area contributed by atoms with Crippen LogP contribution in [0.5, 0.6) is 11.5 Å². The van der Waals surface area contributed by atoms with Gasteiger partial charge in [-0.15, -0.1) is 0 Å². The standard InChI is InChI=1S/C17H23NO5/c1-22-14-9-12(17(20)21)13(10-15(14)23-2)18-16(19)8-11-6-4-3-5-7-11/h9-11H,3-8H2,1-2H3,(H,18,19)(H,20,21). The SMILES string of the molecule is COc1cc(NC(=O)CC2CCCCC2)c(C(=O)O)cc1OC. The highest BCUT2D eigenvalue weighted by atomic mass is 16.5. The molecule has 0 bridgehead atoms. The second-order valence-electron chi connectivity index (χ2n) is 5.81. The normalized spacial score (nSPS) is 15.0. The second-order valence-corrected chi connectivity index (χ2v) is 5.81. The largest absolute Gasteiger partial charge is 0.493 e. The molecular weight excluding hydrogens is 298 g/mol. The van der Waals surface area contributed by atoms with Crippen molar-refractivity contribution in [2.24, 2.45) is 5.92 Å². The minimum Gasteiger partial charge on any atom is -0.493 e. The molecular formula is C17H23NO5. The van der Waals surface area contributed by atoms with Gasteiger partial charge in [-0.1, -0.05) is 19.3 Å². The number of benzene rings is 1. The number of carboxylic acid groups (broad SMARTS) is 1. The zero-order valence-corrected chi connectivity index (χ0v) is 13.6. The van der Waals surface area contributed by atoms with Crippen molar-refractivity contribution in [2.75, 3.05) is 19.5 Å². The van der Waals surface area contributed by atoms with Gasteiger partial charge in [0.15, 0.2) is 11.5 Å². The lowest BCUT2D eigenvalue weighted by molar-refractivity contribution is -0.117. The van der Waals surface area contributed by atoms with Crippen molar-refractivity contribution in [1.82, 2.24) is 0 Å². The molecule has 2 N–H and O–H groups in total. The van der Waals surface area contributed by atoms with E-state index in [9.17, 15) is 14.7 Å². The van der Waals surface area contributed by atoms with Gasteiger partial charge in [-0.25, -0.2) is 4.79 Å². The molecule has 6 nitrogen and oxygen atoms in total. The van der Waals surface area contributed by atoms with Crippen molar-refractivity contribution in [3.8, 4) is 11.5 Å². The van der Waals surface area contributed by atoms with Gasteiger partial charge in [0.2, 0.25) is 5.91 Å². The van der Waals surface area contributed by atoms with E-state index in [0.717, 1.165) is 25.7 Å². The van der Waals surface area contributed by atoms with Crippen molar-refractivity contribution < 1.29 is 24.2 Å². The average Bonchev–Trinajstić information content (AvgIpc) is 2.54. The molecule has 0 atom stereocenters. The Morgan fingerprint density at radius 3 is 2.30 bits per heavy atom. The van der Waals surface area contributed by atoms with Crippen LogP contribution in [0.3, 0.4) is 0 Å². The summed E-state index contributed by atoms with van der Waals surface area (Å²) in [6.07, 6.45) is 6.10. The number of carbonyl (C=O) groups excluding carboxylic acids is 1. The molecule has 126 valence electrons. The smallest absolute Gasteiger partial charge is 0.337 e. The number of ether oxygens (including phenoxy) is 2. The van der Waals surface area contributed by atoms with Crippen LogP contribution in [0.2, 0.25) is 0 Å². The summed E-state index contributed by atoms with van der Waals surface area (Å²) in [5.74, 6) is -0.205. The van der Waals surface area contributed by atoms with E-state index in [-0.39, 0.29) is 17.2 Å². The molecule has 1 aromatic carbocycles. The van der Waals surface area contributed by atoms with Crippen LogP contribution in [0.4, 0.5) is 5.69 Å². The van der Waals surface area contributed by atoms with Crippen LogP contribution in [0.25, 0.3) is 0 Å². The minimum absolute atomic E-state index is 0.0142. The fourth-order valence-electron chi connectivity index (χ4n) is 3.01. The molecule has 0 unspecified atom stereocenters. The Kier molecular flexibility index (Phi) is 5.84. The van der Waals surface area contributed by atoms with Crippen molar-refractivity contribution in [1.29, 1.82) is 0 Å². The second kappa shape index (κ2) is 7.85. The molecule has 0 aliphatic heterocycles. The topological polar surface area (TPSA) is 84.9 Å². The van der Waals surface area contributed by atoms with Gasteiger partial charge >= 0.3 is 5.97 Å². The maximum atomic E-state index is 12.2. The highest BCUT2D eigenvalue weighted by molar-refractivity contribution is 6.01. The molecule has 0 spiro atoms. The van der Waals surface area contributed by atoms with Crippen LogP contribution < -0.4 is 14.8 Å². The number of carboxylic acids is 1. The number of aromatic carboxylic acids is 1. The zero-order valence-electron chi connectivity index (χ0n) is 13.6. The first-order valence-corrected chi connectivity index (χ1v) is 7.84. The zero-order chi connectivity index (χ0) is 16.8. The third kappa shape index (κ3) is 4.37. The van der Waals surface area contributed by atoms with Gasteiger partial charge in [-0.3, -0.25) is 4.79 Å². The lowest BCUT2D eigenvalue weighted by Gasteiger charge is -2.21. The quantitative estimate of drug-likeness (QED) is 0.839. The fraction of sp³-hybridized carbons (Fsp3) is 0.529. The molecule has 1 amide bonds. The summed E-state index contributed by atoms with van der Waals surface area (Å²) >= 11 is 0. The predicted octanol–water partition coefficient (Wildman–Crippen LogP) is 3.31. The molecule has 1 saturated carbocycles. The van der Waals surface area contributed by atoms with Gasteiger partial charge in [0, 0.05) is 18.6 Å². The van der Waals surface area contributed by atoms with Crippen molar-refractivity contribution >= 4 is 17.6 Å². The summed E-state index contributed by atoms with van der Waals surface area (Å²) < 4.78 is 10.3. The third-order valence-electron chi connectivity index (χ3n) is 4.23. The number of anilines is 1. The van der Waals surface area contributed by atoms with Gasteiger partial charge in [0.25, 0.3) is 0 Å². The molecule has 1 aromatic rings. The first kappa shape index (κ1) is 17.1. The number of amides is 1. The summed E-state index contributed by atoms with van der Waals surface area (Å²) in [5.41, 5.74) is 0.218. The van der Waals surface area contributed by atoms with Crippen molar-refractivity contribution in [3.05, 3.63) is 17.7 Å². The number of rotatable bonds is 6.